The first-order valence-electron chi connectivity index (χ1n) is 6.90. The molecule has 3 N–H and O–H groups in total. The zero-order valence-electron chi connectivity index (χ0n) is 11.9. The molecule has 1 saturated heterocycles. The van der Waals surface area contributed by atoms with E-state index in [1.54, 1.807) is 0 Å². The van der Waals surface area contributed by atoms with Gasteiger partial charge in [-0.1, -0.05) is 6.92 Å². The van der Waals surface area contributed by atoms with E-state index in [-0.39, 0.29) is 0 Å². The number of morpholine rings is 1. The van der Waals surface area contributed by atoms with Crippen molar-refractivity contribution in [2.24, 2.45) is 5.73 Å². The Kier molecular flexibility index (Phi) is 4.73. The van der Waals surface area contributed by atoms with E-state index in [2.05, 4.69) is 15.3 Å². The lowest BCUT2D eigenvalue weighted by Gasteiger charge is -2.35. The number of nitrogens with one attached hydrogen (secondary N) is 1. The second-order valence-corrected chi connectivity index (χ2v) is 4.59. The topological polar surface area (TPSA) is 93.4 Å². The van der Waals surface area contributed by atoms with Gasteiger partial charge >= 0.3 is 0 Å². The Hall–Kier alpha value is -1.89. The Morgan fingerprint density at radius 2 is 2.35 bits per heavy atom. The minimum atomic E-state index is -0.474. The van der Waals surface area contributed by atoms with E-state index >= 15 is 0 Å². The minimum absolute atomic E-state index is 0.305. The van der Waals surface area contributed by atoms with Crippen molar-refractivity contribution in [1.29, 1.82) is 0 Å². The summed E-state index contributed by atoms with van der Waals surface area (Å²) in [4.78, 5) is 22.1. The van der Waals surface area contributed by atoms with E-state index < -0.39 is 11.9 Å². The Balaban J connectivity index is 2.39. The molecule has 110 valence electrons. The number of amides is 1. The summed E-state index contributed by atoms with van der Waals surface area (Å²) in [6.45, 7) is 6.31. The molecule has 1 fully saturated rings. The molecule has 0 spiro atoms. The second-order valence-electron chi connectivity index (χ2n) is 4.59. The number of rotatable bonds is 5. The average molecular weight is 279 g/mol. The Bertz CT molecular complexity index is 480. The maximum Gasteiger partial charge on any atom is 0.242 e. The molecule has 2 rings (SSSR count). The normalized spacial score (nSPS) is 18.9. The predicted octanol–water partition coefficient (Wildman–Crippen LogP) is 0.161. The van der Waals surface area contributed by atoms with Crippen LogP contribution in [0.3, 0.4) is 0 Å². The summed E-state index contributed by atoms with van der Waals surface area (Å²) in [7, 11) is 0. The average Bonchev–Trinajstić information content (AvgIpc) is 2.47. The molecular weight excluding hydrogens is 258 g/mol. The number of primary amides is 1. The Morgan fingerprint density at radius 1 is 1.55 bits per heavy atom. The zero-order chi connectivity index (χ0) is 14.5. The number of hydrogen-bond acceptors (Lipinski definition) is 6. The highest BCUT2D eigenvalue weighted by Crippen LogP contribution is 2.26. The van der Waals surface area contributed by atoms with Crippen molar-refractivity contribution >= 4 is 17.5 Å². The molecule has 1 aromatic rings. The quantitative estimate of drug-likeness (QED) is 0.797. The molecule has 7 heteroatoms. The highest BCUT2D eigenvalue weighted by Gasteiger charge is 2.30. The number of nitrogens with zero attached hydrogens (tertiary/aromatic N) is 3. The van der Waals surface area contributed by atoms with Crippen LogP contribution in [0.2, 0.25) is 0 Å². The molecule has 7 nitrogen and oxygen atoms in total. The first kappa shape index (κ1) is 14.5. The summed E-state index contributed by atoms with van der Waals surface area (Å²) in [6.07, 6.45) is 2.29. The van der Waals surface area contributed by atoms with Gasteiger partial charge in [-0.25, -0.2) is 9.97 Å². The summed E-state index contributed by atoms with van der Waals surface area (Å²) in [5.41, 5.74) is 6.47. The summed E-state index contributed by atoms with van der Waals surface area (Å²) >= 11 is 0. The predicted molar refractivity (Wildman–Crippen MR) is 76.7 cm³/mol. The molecule has 20 heavy (non-hydrogen) atoms. The molecule has 1 aromatic heterocycles. The lowest BCUT2D eigenvalue weighted by Crippen LogP contribution is -2.53. The van der Waals surface area contributed by atoms with Gasteiger partial charge in [0.15, 0.2) is 0 Å². The van der Waals surface area contributed by atoms with Gasteiger partial charge < -0.3 is 20.7 Å². The van der Waals surface area contributed by atoms with Gasteiger partial charge in [0.2, 0.25) is 5.91 Å². The zero-order valence-corrected chi connectivity index (χ0v) is 11.9. The molecule has 1 unspecified atom stereocenters. The maximum atomic E-state index is 11.6. The summed E-state index contributed by atoms with van der Waals surface area (Å²) in [6, 6.07) is -0.474. The molecule has 1 atom stereocenters. The van der Waals surface area contributed by atoms with Crippen LogP contribution in [0, 0.1) is 0 Å². The fourth-order valence-electron chi connectivity index (χ4n) is 2.39. The maximum absolute atomic E-state index is 11.6. The molecule has 1 amide bonds. The molecule has 0 aliphatic carbocycles. The number of nitrogens with two attached hydrogens (primary N) is 1. The van der Waals surface area contributed by atoms with Crippen LogP contribution in [0.25, 0.3) is 0 Å². The summed E-state index contributed by atoms with van der Waals surface area (Å²) in [5, 5.41) is 3.23. The van der Waals surface area contributed by atoms with E-state index in [9.17, 15) is 4.79 Å². The van der Waals surface area contributed by atoms with Crippen molar-refractivity contribution in [3.63, 3.8) is 0 Å². The van der Waals surface area contributed by atoms with Crippen LogP contribution in [-0.2, 0) is 16.0 Å². The van der Waals surface area contributed by atoms with Gasteiger partial charge in [-0.05, 0) is 13.3 Å². The third-order valence-corrected chi connectivity index (χ3v) is 3.35. The Morgan fingerprint density at radius 3 is 3.00 bits per heavy atom. The lowest BCUT2D eigenvalue weighted by atomic mass is 10.1. The van der Waals surface area contributed by atoms with Crippen molar-refractivity contribution in [3.8, 4) is 0 Å². The molecule has 1 aliphatic heterocycles. The van der Waals surface area contributed by atoms with Gasteiger partial charge in [0.25, 0.3) is 0 Å². The van der Waals surface area contributed by atoms with Crippen molar-refractivity contribution in [2.75, 3.05) is 36.5 Å². The van der Waals surface area contributed by atoms with Crippen LogP contribution in [0.15, 0.2) is 6.33 Å². The van der Waals surface area contributed by atoms with Gasteiger partial charge in [0.05, 0.1) is 13.2 Å². The number of aromatic nitrogens is 2. The van der Waals surface area contributed by atoms with E-state index in [1.165, 1.54) is 6.33 Å². The standard InChI is InChI=1S/C13H21N5O2/c1-3-9-12(15-4-2)16-8-17-13(9)18-5-6-20-7-10(18)11(14)19/h8,10H,3-7H2,1-2H3,(H2,14,19)(H,15,16,17). The molecule has 1 aliphatic rings. The number of carbonyl (C=O) groups is 1. The fourth-order valence-corrected chi connectivity index (χ4v) is 2.39. The molecular formula is C13H21N5O2. The second kappa shape index (κ2) is 6.51. The van der Waals surface area contributed by atoms with Crippen LogP contribution < -0.4 is 16.0 Å². The molecule has 2 heterocycles. The van der Waals surface area contributed by atoms with E-state index in [0.29, 0.717) is 19.8 Å². The van der Waals surface area contributed by atoms with Crippen molar-refractivity contribution in [1.82, 2.24) is 9.97 Å². The van der Waals surface area contributed by atoms with E-state index in [0.717, 1.165) is 30.2 Å². The van der Waals surface area contributed by atoms with Crippen LogP contribution in [-0.4, -0.2) is 48.2 Å². The van der Waals surface area contributed by atoms with Crippen LogP contribution in [0.4, 0.5) is 11.6 Å². The highest BCUT2D eigenvalue weighted by molar-refractivity contribution is 5.84. The summed E-state index contributed by atoms with van der Waals surface area (Å²) in [5.74, 6) is 1.19. The van der Waals surface area contributed by atoms with Gasteiger partial charge in [-0.15, -0.1) is 0 Å². The largest absolute Gasteiger partial charge is 0.377 e. The monoisotopic (exact) mass is 279 g/mol. The smallest absolute Gasteiger partial charge is 0.242 e. The Labute approximate surface area is 118 Å². The first-order valence-corrected chi connectivity index (χ1v) is 6.90. The third kappa shape index (κ3) is 2.82. The third-order valence-electron chi connectivity index (χ3n) is 3.35. The van der Waals surface area contributed by atoms with Crippen molar-refractivity contribution in [2.45, 2.75) is 26.3 Å². The fraction of sp³-hybridized carbons (Fsp3) is 0.615. The van der Waals surface area contributed by atoms with Gasteiger partial charge in [-0.3, -0.25) is 4.79 Å². The molecule has 0 bridgehead atoms. The SMILES string of the molecule is CCNc1ncnc(N2CCOCC2C(N)=O)c1CC. The first-order chi connectivity index (χ1) is 9.69. The highest BCUT2D eigenvalue weighted by atomic mass is 16.5. The number of anilines is 2. The molecule has 0 saturated carbocycles. The van der Waals surface area contributed by atoms with Crippen LogP contribution in [0.1, 0.15) is 19.4 Å². The molecule has 0 aromatic carbocycles. The van der Waals surface area contributed by atoms with Crippen LogP contribution in [0.5, 0.6) is 0 Å². The van der Waals surface area contributed by atoms with Gasteiger partial charge in [0.1, 0.15) is 24.0 Å². The van der Waals surface area contributed by atoms with E-state index in [1.807, 2.05) is 18.7 Å². The minimum Gasteiger partial charge on any atom is -0.377 e. The number of hydrogen-bond donors (Lipinski definition) is 2. The number of ether oxygens (including phenoxy) is 1. The molecule has 0 radical (unpaired) electrons. The lowest BCUT2D eigenvalue weighted by molar-refractivity contribution is -0.121. The van der Waals surface area contributed by atoms with Crippen molar-refractivity contribution in [3.05, 3.63) is 11.9 Å². The summed E-state index contributed by atoms with van der Waals surface area (Å²) < 4.78 is 5.34. The van der Waals surface area contributed by atoms with Gasteiger partial charge in [-0.2, -0.15) is 0 Å². The van der Waals surface area contributed by atoms with Crippen molar-refractivity contribution < 1.29 is 9.53 Å². The van der Waals surface area contributed by atoms with Crippen LogP contribution >= 0.6 is 0 Å². The number of carbonyl (C=O) groups excluding carboxylic acids is 1. The van der Waals surface area contributed by atoms with Gasteiger partial charge in [0, 0.05) is 18.7 Å². The van der Waals surface area contributed by atoms with E-state index in [4.69, 9.17) is 10.5 Å².